The lowest BCUT2D eigenvalue weighted by atomic mass is 9.33. The number of nitrogens with zero attached hydrogens (tertiary/aromatic N) is 3. The van der Waals surface area contributed by atoms with E-state index in [9.17, 15) is 11.0 Å². The largest absolute Gasteiger partial charge is 0.457 e. The van der Waals surface area contributed by atoms with Gasteiger partial charge in [0.05, 0.1) is 44.1 Å². The van der Waals surface area contributed by atoms with Crippen molar-refractivity contribution in [2.45, 2.75) is 19.3 Å². The maximum absolute atomic E-state index is 10.1. The second kappa shape index (κ2) is 26.5. The molecule has 0 amide bonds. The molecule has 0 saturated carbocycles. The normalized spacial score (nSPS) is 14.0. The first-order chi connectivity index (χ1) is 61.6. The van der Waals surface area contributed by atoms with Gasteiger partial charge in [0.25, 0.3) is 6.71 Å². The van der Waals surface area contributed by atoms with Crippen LogP contribution < -0.4 is 30.9 Å². The first kappa shape index (κ1) is 59.5. The van der Waals surface area contributed by atoms with Crippen molar-refractivity contribution in [2.24, 2.45) is 0 Å². The zero-order chi connectivity index (χ0) is 84.8. The van der Waals surface area contributed by atoms with Crippen LogP contribution in [0.1, 0.15) is 35.9 Å². The molecule has 0 spiro atoms. The lowest BCUT2D eigenvalue weighted by Crippen LogP contribution is -2.61. The summed E-state index contributed by atoms with van der Waals surface area (Å²) in [6.45, 7) is 3.87. The van der Waals surface area contributed by atoms with Crippen molar-refractivity contribution in [3.05, 3.63) is 411 Å². The van der Waals surface area contributed by atoms with Crippen LogP contribution in [0.5, 0.6) is 11.5 Å². The molecular weight excluding hydrogens is 1430 g/mol. The summed E-state index contributed by atoms with van der Waals surface area (Å²) in [7, 11) is 0. The molecule has 0 N–H and O–H groups in total. The van der Waals surface area contributed by atoms with Crippen molar-refractivity contribution in [1.82, 2.24) is 4.57 Å². The molecule has 0 bridgehead atoms. The monoisotopic (exact) mass is 1510 g/mol. The Kier molecular flexibility index (Phi) is 13.3. The number of anilines is 6. The number of para-hydroxylation sites is 5. The highest BCUT2D eigenvalue weighted by Gasteiger charge is 2.47. The maximum Gasteiger partial charge on any atom is 0.252 e. The van der Waals surface area contributed by atoms with Gasteiger partial charge in [-0.2, -0.15) is 0 Å². The van der Waals surface area contributed by atoms with Gasteiger partial charge in [-0.1, -0.05) is 311 Å². The van der Waals surface area contributed by atoms with Crippen LogP contribution in [-0.4, -0.2) is 11.3 Å². The van der Waals surface area contributed by atoms with Crippen molar-refractivity contribution in [3.63, 3.8) is 0 Å². The third-order valence-corrected chi connectivity index (χ3v) is 24.6. The topological polar surface area (TPSA) is 46.9 Å². The minimum absolute atomic E-state index is 0.000819. The Bertz CT molecular complexity index is 8070. The van der Waals surface area contributed by atoms with Gasteiger partial charge in [-0.25, -0.2) is 0 Å². The van der Waals surface area contributed by atoms with E-state index in [0.717, 1.165) is 184 Å². The molecule has 7 heteroatoms. The number of rotatable bonds is 11. The Balaban J connectivity index is 0.910. The molecule has 18 aromatic carbocycles. The summed E-state index contributed by atoms with van der Waals surface area (Å²) >= 11 is 0. The molecule has 552 valence electrons. The van der Waals surface area contributed by atoms with Gasteiger partial charge in [-0.15, -0.1) is 0 Å². The van der Waals surface area contributed by atoms with E-state index in [1.165, 1.54) is 0 Å². The lowest BCUT2D eigenvalue weighted by Gasteiger charge is -2.45. The van der Waals surface area contributed by atoms with Crippen LogP contribution in [0.3, 0.4) is 0 Å². The number of aromatic nitrogens is 1. The molecule has 3 aromatic heterocycles. The lowest BCUT2D eigenvalue weighted by molar-refractivity contribution is 0.418. The highest BCUT2D eigenvalue weighted by Crippen LogP contribution is 2.58. The van der Waals surface area contributed by atoms with E-state index in [1.54, 1.807) is 4.57 Å². The molecular formula is C111H72BN3O3. The highest BCUT2D eigenvalue weighted by molar-refractivity contribution is 7.00. The second-order valence-electron chi connectivity index (χ2n) is 31.5. The fourth-order valence-electron chi connectivity index (χ4n) is 19.2. The molecule has 0 radical (unpaired) electrons. The van der Waals surface area contributed by atoms with Gasteiger partial charge in [0.15, 0.2) is 0 Å². The zero-order valence-corrected chi connectivity index (χ0v) is 64.1. The van der Waals surface area contributed by atoms with Crippen LogP contribution in [0.4, 0.5) is 34.1 Å². The first-order valence-corrected chi connectivity index (χ1v) is 40.1. The number of hydrogen-bond donors (Lipinski definition) is 0. The molecule has 118 heavy (non-hydrogen) atoms. The number of furan rings is 2. The van der Waals surface area contributed by atoms with Crippen LogP contribution >= 0.6 is 0 Å². The summed E-state index contributed by atoms with van der Waals surface area (Å²) in [5, 5.41) is 3.43. The van der Waals surface area contributed by atoms with Gasteiger partial charge in [0.2, 0.25) is 0 Å². The van der Waals surface area contributed by atoms with E-state index in [0.29, 0.717) is 28.1 Å². The third-order valence-electron chi connectivity index (χ3n) is 24.6. The quantitative estimate of drug-likeness (QED) is 0.121. The Morgan fingerprint density at radius 2 is 0.720 bits per heavy atom. The van der Waals surface area contributed by atoms with Crippen molar-refractivity contribution in [3.8, 4) is 106 Å². The number of fused-ring (bicyclic) bond motifs is 15. The molecule has 0 fully saturated rings. The summed E-state index contributed by atoms with van der Waals surface area (Å²) < 4.78 is 101. The van der Waals surface area contributed by atoms with Gasteiger partial charge < -0.3 is 27.9 Å². The fraction of sp³-hybridized carbons (Fsp3) is 0.0270. The van der Waals surface area contributed by atoms with Gasteiger partial charge in [-0.3, -0.25) is 0 Å². The van der Waals surface area contributed by atoms with Crippen LogP contribution in [0, 0.1) is 0 Å². The Hall–Kier alpha value is -15.2. The van der Waals surface area contributed by atoms with E-state index >= 15 is 0 Å². The van der Waals surface area contributed by atoms with E-state index < -0.39 is 60.5 Å². The smallest absolute Gasteiger partial charge is 0.252 e. The molecule has 3 aliphatic heterocycles. The molecule has 0 unspecified atom stereocenters. The molecule has 0 aliphatic carbocycles. The standard InChI is InChI=1S/C111H72BN3O3/c1-111(2)90-47-25-30-52-102(90)116-103-58-54-75(62-91(103)111)80-64-98-106-99(65-80)115(108-87(72-37-15-6-16-38-72)68-89(74-41-19-8-20-42-74)110-105(108)85-46-24-29-51-101(85)118-110)97-66-81(113-94-48-26-21-43-82(94)83-44-22-27-49-95(83)113)55-56-92(97)112(106)93-63-76(79-60-77(69-31-9-3-10-32-69)59-78(61-79)70-33-11-4-12-34-70)53-57-96(93)114(98)107-86(71-35-13-5-14-36-71)67-88(73-39-17-7-18-40-73)109-104(107)84-45-23-28-50-100(84)117-109/h3-68H,1-2H3/i21D,22D,26D,27D,43D,44D,48D,49D. The molecule has 6 nitrogen and oxygen atoms in total. The third kappa shape index (κ3) is 10.4. The van der Waals surface area contributed by atoms with E-state index in [2.05, 4.69) is 321 Å². The van der Waals surface area contributed by atoms with Crippen LogP contribution in [0.25, 0.3) is 160 Å². The summed E-state index contributed by atoms with van der Waals surface area (Å²) in [5.41, 5.74) is 27.5. The van der Waals surface area contributed by atoms with Crippen LogP contribution in [0.15, 0.2) is 409 Å². The van der Waals surface area contributed by atoms with E-state index in [-0.39, 0.29) is 21.8 Å². The van der Waals surface area contributed by atoms with Crippen molar-refractivity contribution in [2.75, 3.05) is 9.80 Å². The molecule has 24 rings (SSSR count). The van der Waals surface area contributed by atoms with Crippen molar-refractivity contribution < 1.29 is 24.5 Å². The van der Waals surface area contributed by atoms with Gasteiger partial charge in [-0.05, 0) is 186 Å². The second-order valence-corrected chi connectivity index (χ2v) is 31.5. The van der Waals surface area contributed by atoms with Crippen LogP contribution in [-0.2, 0) is 5.41 Å². The first-order valence-electron chi connectivity index (χ1n) is 44.1. The molecule has 21 aromatic rings. The fourth-order valence-corrected chi connectivity index (χ4v) is 19.2. The minimum Gasteiger partial charge on any atom is -0.457 e. The van der Waals surface area contributed by atoms with Gasteiger partial charge >= 0.3 is 0 Å². The van der Waals surface area contributed by atoms with Crippen molar-refractivity contribution >= 4 is 123 Å². The Morgan fingerprint density at radius 1 is 0.297 bits per heavy atom. The van der Waals surface area contributed by atoms with Crippen molar-refractivity contribution in [1.29, 1.82) is 0 Å². The average Bonchev–Trinajstić information content (AvgIpc) is 1.14. The predicted octanol–water partition coefficient (Wildman–Crippen LogP) is 28.4. The molecule has 0 saturated heterocycles. The van der Waals surface area contributed by atoms with E-state index in [1.807, 2.05) is 54.6 Å². The maximum atomic E-state index is 10.1. The van der Waals surface area contributed by atoms with Gasteiger partial charge in [0.1, 0.15) is 33.8 Å². The molecule has 6 heterocycles. The summed E-state index contributed by atoms with van der Waals surface area (Å²) in [6, 6.07) is 120. The zero-order valence-electron chi connectivity index (χ0n) is 72.1. The predicted molar refractivity (Wildman–Crippen MR) is 491 cm³/mol. The number of hydrogen-bond acceptors (Lipinski definition) is 5. The number of benzene rings is 18. The summed E-state index contributed by atoms with van der Waals surface area (Å²) in [6.07, 6.45) is 0. The van der Waals surface area contributed by atoms with Crippen LogP contribution in [0.2, 0.25) is 0 Å². The molecule has 0 atom stereocenters. The minimum atomic E-state index is -0.665. The SMILES string of the molecule is [2H]c1c([2H])c([2H])c2c(c1[2H])c1c([2H])c([2H])c([2H])c([2H])c1n2-c1ccc2c(c1)N(c1c(-c3ccccc3)cc(-c3ccccc3)c3oc4ccccc4c13)c1cc(-c3ccc4c(c3)C(C)(C)c3ccccc3O4)cc3c1B2c1cc(-c2cc(-c4ccccc4)cc(-c4ccccc4)c2)ccc1N3c1c(-c2ccccc2)cc(-c2ccccc2)c2oc3ccccc3c12. The summed E-state index contributed by atoms with van der Waals surface area (Å²) in [4.78, 5) is 4.95. The van der Waals surface area contributed by atoms with E-state index in [4.69, 9.17) is 13.6 Å². The Labute approximate surface area is 694 Å². The average molecular weight is 1510 g/mol. The Morgan fingerprint density at radius 3 is 1.25 bits per heavy atom. The molecule has 3 aliphatic rings. The summed E-state index contributed by atoms with van der Waals surface area (Å²) in [5.74, 6) is 1.55. The number of ether oxygens (including phenoxy) is 1. The highest BCUT2D eigenvalue weighted by atomic mass is 16.5. The van der Waals surface area contributed by atoms with Gasteiger partial charge in [0, 0.05) is 88.8 Å².